The molecule has 1 aliphatic rings. The maximum absolute atomic E-state index is 10.2. The third-order valence-electron chi connectivity index (χ3n) is 5.08. The average molecular weight is 371 g/mol. The summed E-state index contributed by atoms with van der Waals surface area (Å²) in [6.45, 7) is 1.22. The quantitative estimate of drug-likeness (QED) is 0.521. The number of anilines is 1. The Kier molecular flexibility index (Phi) is 4.95. The lowest BCUT2D eigenvalue weighted by molar-refractivity contribution is 0.183. The number of hydrogen-bond acceptors (Lipinski definition) is 7. The lowest BCUT2D eigenvalue weighted by atomic mass is 9.91. The highest BCUT2D eigenvalue weighted by molar-refractivity contribution is 5.97. The van der Waals surface area contributed by atoms with Gasteiger partial charge in [0.15, 0.2) is 5.88 Å². The summed E-state index contributed by atoms with van der Waals surface area (Å²) in [5.41, 5.74) is 8.34. The Morgan fingerprint density at radius 2 is 2.22 bits per heavy atom. The summed E-state index contributed by atoms with van der Waals surface area (Å²) in [6.07, 6.45) is 9.63. The van der Waals surface area contributed by atoms with Crippen LogP contribution in [-0.2, 0) is 11.3 Å². The molecule has 0 spiro atoms. The Balaban J connectivity index is 1.70. The van der Waals surface area contributed by atoms with Crippen LogP contribution in [0, 0.1) is 0 Å². The fourth-order valence-electron chi connectivity index (χ4n) is 3.60. The minimum atomic E-state index is 0.0468. The van der Waals surface area contributed by atoms with Crippen LogP contribution in [0.4, 0.5) is 5.95 Å². The van der Waals surface area contributed by atoms with Gasteiger partial charge >= 0.3 is 0 Å². The van der Waals surface area contributed by atoms with Crippen molar-refractivity contribution in [1.29, 1.82) is 0 Å². The fourth-order valence-corrected chi connectivity index (χ4v) is 3.60. The predicted octanol–water partition coefficient (Wildman–Crippen LogP) is 1.86. The van der Waals surface area contributed by atoms with Gasteiger partial charge in [0.25, 0.3) is 0 Å². The molecule has 3 aromatic heterocycles. The Labute approximate surface area is 157 Å². The molecule has 1 fully saturated rings. The lowest BCUT2D eigenvalue weighted by Crippen LogP contribution is -2.42. The zero-order valence-corrected chi connectivity index (χ0v) is 15.4. The second kappa shape index (κ2) is 7.53. The number of nitrogens with one attached hydrogen (secondary N) is 2. The van der Waals surface area contributed by atoms with E-state index in [0.717, 1.165) is 31.2 Å². The SMILES string of the molecule is COCCn1cc(-c2nc(N[C@@H]3CCCC[C@@H]3N)nc3c[nH]c(O)c23)cn1. The number of methoxy groups -OCH3 is 1. The van der Waals surface area contributed by atoms with Gasteiger partial charge in [-0.15, -0.1) is 0 Å². The molecule has 9 heteroatoms. The molecule has 0 amide bonds. The Bertz CT molecular complexity index is 920. The molecule has 0 unspecified atom stereocenters. The van der Waals surface area contributed by atoms with Gasteiger partial charge in [0.2, 0.25) is 5.95 Å². The van der Waals surface area contributed by atoms with Crippen molar-refractivity contribution in [2.24, 2.45) is 5.73 Å². The molecule has 144 valence electrons. The summed E-state index contributed by atoms with van der Waals surface area (Å²) >= 11 is 0. The molecule has 0 bridgehead atoms. The van der Waals surface area contributed by atoms with E-state index in [1.165, 1.54) is 0 Å². The largest absolute Gasteiger partial charge is 0.494 e. The van der Waals surface area contributed by atoms with Crippen LogP contribution in [0.2, 0.25) is 0 Å². The first-order valence-corrected chi connectivity index (χ1v) is 9.27. The lowest BCUT2D eigenvalue weighted by Gasteiger charge is -2.29. The summed E-state index contributed by atoms with van der Waals surface area (Å²) < 4.78 is 6.89. The molecule has 5 N–H and O–H groups in total. The van der Waals surface area contributed by atoms with E-state index in [4.69, 9.17) is 10.5 Å². The van der Waals surface area contributed by atoms with Gasteiger partial charge in [-0.05, 0) is 12.8 Å². The molecule has 1 saturated carbocycles. The first kappa shape index (κ1) is 17.7. The molecule has 0 radical (unpaired) electrons. The van der Waals surface area contributed by atoms with E-state index in [0.29, 0.717) is 35.7 Å². The zero-order chi connectivity index (χ0) is 18.8. The topological polar surface area (TPSA) is 127 Å². The number of rotatable bonds is 6. The third kappa shape index (κ3) is 3.60. The molecule has 4 rings (SSSR count). The molecule has 1 aliphatic carbocycles. The highest BCUT2D eigenvalue weighted by atomic mass is 16.5. The van der Waals surface area contributed by atoms with Crippen LogP contribution < -0.4 is 11.1 Å². The summed E-state index contributed by atoms with van der Waals surface area (Å²) in [5.74, 6) is 0.564. The van der Waals surface area contributed by atoms with Crippen LogP contribution in [0.3, 0.4) is 0 Å². The van der Waals surface area contributed by atoms with Gasteiger partial charge in [-0.25, -0.2) is 9.97 Å². The highest BCUT2D eigenvalue weighted by Crippen LogP contribution is 2.33. The summed E-state index contributed by atoms with van der Waals surface area (Å²) in [4.78, 5) is 12.1. The van der Waals surface area contributed by atoms with Crippen molar-refractivity contribution in [2.75, 3.05) is 19.0 Å². The number of aromatic hydroxyl groups is 1. The molecule has 3 heterocycles. The van der Waals surface area contributed by atoms with Crippen molar-refractivity contribution in [1.82, 2.24) is 24.7 Å². The molecule has 2 atom stereocenters. The molecule has 9 nitrogen and oxygen atoms in total. The van der Waals surface area contributed by atoms with Gasteiger partial charge in [-0.3, -0.25) is 4.68 Å². The van der Waals surface area contributed by atoms with Gasteiger partial charge in [0.05, 0.1) is 35.9 Å². The van der Waals surface area contributed by atoms with Crippen LogP contribution >= 0.6 is 0 Å². The highest BCUT2D eigenvalue weighted by Gasteiger charge is 2.24. The molecule has 27 heavy (non-hydrogen) atoms. The molecular formula is C18H25N7O2. The Morgan fingerprint density at radius 3 is 3.04 bits per heavy atom. The Morgan fingerprint density at radius 1 is 1.37 bits per heavy atom. The van der Waals surface area contributed by atoms with E-state index >= 15 is 0 Å². The van der Waals surface area contributed by atoms with Crippen LogP contribution in [-0.4, -0.2) is 55.6 Å². The molecular weight excluding hydrogens is 346 g/mol. The van der Waals surface area contributed by atoms with Gasteiger partial charge in [-0.1, -0.05) is 12.8 Å². The van der Waals surface area contributed by atoms with Crippen molar-refractivity contribution in [3.05, 3.63) is 18.6 Å². The maximum atomic E-state index is 10.2. The van der Waals surface area contributed by atoms with Crippen molar-refractivity contribution in [3.8, 4) is 17.1 Å². The number of hydrogen-bond donors (Lipinski definition) is 4. The van der Waals surface area contributed by atoms with Crippen LogP contribution in [0.25, 0.3) is 22.2 Å². The molecule has 0 saturated heterocycles. The van der Waals surface area contributed by atoms with Gasteiger partial charge in [0, 0.05) is 37.2 Å². The Hall–Kier alpha value is -2.65. The number of aromatic amines is 1. The summed E-state index contributed by atoms with van der Waals surface area (Å²) in [7, 11) is 1.66. The standard InChI is InChI=1S/C18H25N7O2/c1-27-7-6-25-10-11(8-21-25)16-15-14(9-20-17(15)26)23-18(24-16)22-13-5-3-2-4-12(13)19/h8-10,12-13,20,26H,2-7,19H2,1H3,(H,22,23)/t12-,13+/m0/s1. The van der Waals surface area contributed by atoms with E-state index in [-0.39, 0.29) is 18.0 Å². The monoisotopic (exact) mass is 371 g/mol. The van der Waals surface area contributed by atoms with Crippen molar-refractivity contribution in [2.45, 2.75) is 44.3 Å². The number of fused-ring (bicyclic) bond motifs is 1. The van der Waals surface area contributed by atoms with Crippen LogP contribution in [0.15, 0.2) is 18.6 Å². The predicted molar refractivity (Wildman–Crippen MR) is 103 cm³/mol. The number of ether oxygens (including phenoxy) is 1. The number of aromatic nitrogens is 5. The average Bonchev–Trinajstić information content (AvgIpc) is 3.29. The number of nitrogens with two attached hydrogens (primary N) is 1. The van der Waals surface area contributed by atoms with E-state index in [1.807, 2.05) is 6.20 Å². The number of nitrogens with zero attached hydrogens (tertiary/aromatic N) is 4. The van der Waals surface area contributed by atoms with Crippen molar-refractivity contribution in [3.63, 3.8) is 0 Å². The molecule has 0 aliphatic heterocycles. The van der Waals surface area contributed by atoms with Gasteiger partial charge < -0.3 is 25.9 Å². The smallest absolute Gasteiger partial charge is 0.224 e. The summed E-state index contributed by atoms with van der Waals surface area (Å²) in [6, 6.07) is 0.249. The second-order valence-corrected chi connectivity index (χ2v) is 6.98. The minimum absolute atomic E-state index is 0.0468. The van der Waals surface area contributed by atoms with E-state index in [9.17, 15) is 5.11 Å². The van der Waals surface area contributed by atoms with E-state index in [1.54, 1.807) is 24.2 Å². The minimum Gasteiger partial charge on any atom is -0.494 e. The second-order valence-electron chi connectivity index (χ2n) is 6.98. The van der Waals surface area contributed by atoms with Crippen LogP contribution in [0.5, 0.6) is 5.88 Å². The van der Waals surface area contributed by atoms with Crippen molar-refractivity contribution < 1.29 is 9.84 Å². The van der Waals surface area contributed by atoms with E-state index in [2.05, 4.69) is 25.4 Å². The summed E-state index contributed by atoms with van der Waals surface area (Å²) in [5, 5.41) is 18.6. The fraction of sp³-hybridized carbons (Fsp3) is 0.500. The molecule has 3 aromatic rings. The zero-order valence-electron chi connectivity index (χ0n) is 15.4. The van der Waals surface area contributed by atoms with Gasteiger partial charge in [0.1, 0.15) is 0 Å². The normalized spacial score (nSPS) is 20.2. The number of H-pyrrole nitrogens is 1. The third-order valence-corrected chi connectivity index (χ3v) is 5.08. The molecule has 0 aromatic carbocycles. The first-order valence-electron chi connectivity index (χ1n) is 9.27. The van der Waals surface area contributed by atoms with Gasteiger partial charge in [-0.2, -0.15) is 5.10 Å². The van der Waals surface area contributed by atoms with Crippen molar-refractivity contribution >= 4 is 16.9 Å². The van der Waals surface area contributed by atoms with Crippen LogP contribution in [0.1, 0.15) is 25.7 Å². The van der Waals surface area contributed by atoms with E-state index < -0.39 is 0 Å². The first-order chi connectivity index (χ1) is 13.2. The maximum Gasteiger partial charge on any atom is 0.224 e.